The number of hydrogen-bond donors (Lipinski definition) is 0. The summed E-state index contributed by atoms with van der Waals surface area (Å²) >= 11 is 0. The van der Waals surface area contributed by atoms with Crippen LogP contribution in [0, 0.1) is 6.92 Å². The van der Waals surface area contributed by atoms with E-state index in [1.54, 1.807) is 4.68 Å². The Hall–Kier alpha value is -3.18. The van der Waals surface area contributed by atoms with Gasteiger partial charge in [0.15, 0.2) is 5.65 Å². The molecule has 1 fully saturated rings. The number of aromatic nitrogens is 3. The van der Waals surface area contributed by atoms with Gasteiger partial charge in [0, 0.05) is 12.2 Å². The third kappa shape index (κ3) is 3.93. The number of likely N-dealkylation sites (tertiary alicyclic amines) is 1. The Kier molecular flexibility index (Phi) is 5.43. The molecule has 5 rings (SSSR count). The summed E-state index contributed by atoms with van der Waals surface area (Å²) in [7, 11) is 0. The van der Waals surface area contributed by atoms with Gasteiger partial charge in [-0.15, -0.1) is 0 Å². The van der Waals surface area contributed by atoms with Gasteiger partial charge in [0.2, 0.25) is 0 Å². The first-order valence-electron chi connectivity index (χ1n) is 11.1. The van der Waals surface area contributed by atoms with Crippen LogP contribution in [0.2, 0.25) is 0 Å². The average Bonchev–Trinajstić information content (AvgIpc) is 3.10. The van der Waals surface area contributed by atoms with Gasteiger partial charge in [-0.3, -0.25) is 9.48 Å². The summed E-state index contributed by atoms with van der Waals surface area (Å²) in [6, 6.07) is 24.5. The minimum atomic E-state index is -0.00325. The quantitative estimate of drug-likeness (QED) is 0.489. The van der Waals surface area contributed by atoms with Gasteiger partial charge in [-0.2, -0.15) is 0 Å². The van der Waals surface area contributed by atoms with Gasteiger partial charge >= 0.3 is 0 Å². The van der Waals surface area contributed by atoms with Crippen molar-refractivity contribution in [3.05, 3.63) is 94.4 Å². The van der Waals surface area contributed by atoms with Gasteiger partial charge in [0.05, 0.1) is 17.6 Å². The Morgan fingerprint density at radius 1 is 0.871 bits per heavy atom. The lowest BCUT2D eigenvalue weighted by atomic mass is 9.89. The van der Waals surface area contributed by atoms with Crippen LogP contribution in [0.4, 0.5) is 0 Å². The molecule has 5 nitrogen and oxygen atoms in total. The molecule has 158 valence electrons. The highest BCUT2D eigenvalue weighted by molar-refractivity contribution is 5.75. The molecule has 0 bridgehead atoms. The van der Waals surface area contributed by atoms with Gasteiger partial charge in [-0.1, -0.05) is 48.5 Å². The summed E-state index contributed by atoms with van der Waals surface area (Å²) in [5.41, 5.74) is 4.03. The number of fused-ring (bicyclic) bond motifs is 1. The normalized spacial score (nSPS) is 15.5. The highest BCUT2D eigenvalue weighted by Gasteiger charge is 2.22. The summed E-state index contributed by atoms with van der Waals surface area (Å²) in [4.78, 5) is 20.4. The monoisotopic (exact) mass is 412 g/mol. The van der Waals surface area contributed by atoms with E-state index in [9.17, 15) is 4.79 Å². The second kappa shape index (κ2) is 8.52. The maximum atomic E-state index is 13.2. The Morgan fingerprint density at radius 3 is 2.26 bits per heavy atom. The van der Waals surface area contributed by atoms with Crippen molar-refractivity contribution in [3.63, 3.8) is 0 Å². The van der Waals surface area contributed by atoms with Gasteiger partial charge in [-0.25, -0.2) is 9.67 Å². The summed E-state index contributed by atoms with van der Waals surface area (Å²) in [6.45, 7) is 5.79. The maximum absolute atomic E-state index is 13.2. The van der Waals surface area contributed by atoms with Crippen LogP contribution in [0.15, 0.2) is 77.6 Å². The number of hydrogen-bond acceptors (Lipinski definition) is 3. The first-order chi connectivity index (χ1) is 15.2. The Balaban J connectivity index is 1.38. The van der Waals surface area contributed by atoms with E-state index in [4.69, 9.17) is 4.98 Å². The van der Waals surface area contributed by atoms with Crippen LogP contribution in [0.1, 0.15) is 30.0 Å². The largest absolute Gasteiger partial charge is 0.301 e. The van der Waals surface area contributed by atoms with Crippen molar-refractivity contribution in [2.24, 2.45) is 0 Å². The van der Waals surface area contributed by atoms with Crippen LogP contribution < -0.4 is 5.56 Å². The minimum Gasteiger partial charge on any atom is -0.301 e. The lowest BCUT2D eigenvalue weighted by Gasteiger charge is -2.32. The molecule has 1 aliphatic rings. The lowest BCUT2D eigenvalue weighted by Crippen LogP contribution is -2.36. The van der Waals surface area contributed by atoms with Crippen molar-refractivity contribution in [1.29, 1.82) is 0 Å². The van der Waals surface area contributed by atoms with E-state index in [2.05, 4.69) is 39.9 Å². The van der Waals surface area contributed by atoms with Crippen molar-refractivity contribution in [3.8, 4) is 5.69 Å². The van der Waals surface area contributed by atoms with E-state index >= 15 is 0 Å². The maximum Gasteiger partial charge on any atom is 0.280 e. The average molecular weight is 413 g/mol. The molecule has 0 radical (unpaired) electrons. The molecule has 0 saturated carbocycles. The van der Waals surface area contributed by atoms with Gasteiger partial charge in [0.1, 0.15) is 0 Å². The SMILES string of the molecule is Cc1ccc2c(=O)n(-c3ccccc3)n(CCN3CCC(c4ccccc4)CC3)c2n1. The van der Waals surface area contributed by atoms with Crippen molar-refractivity contribution in [2.45, 2.75) is 32.2 Å². The molecule has 4 aromatic rings. The van der Waals surface area contributed by atoms with E-state index in [0.717, 1.165) is 43.2 Å². The number of rotatable bonds is 5. The summed E-state index contributed by atoms with van der Waals surface area (Å²) < 4.78 is 3.84. The molecule has 2 aromatic carbocycles. The molecule has 0 amide bonds. The highest BCUT2D eigenvalue weighted by Crippen LogP contribution is 2.27. The molecule has 2 aromatic heterocycles. The van der Waals surface area contributed by atoms with Crippen molar-refractivity contribution < 1.29 is 0 Å². The zero-order valence-electron chi connectivity index (χ0n) is 17.9. The van der Waals surface area contributed by atoms with E-state index in [0.29, 0.717) is 11.3 Å². The van der Waals surface area contributed by atoms with Gasteiger partial charge in [-0.05, 0) is 68.6 Å². The molecule has 0 aliphatic carbocycles. The second-order valence-electron chi connectivity index (χ2n) is 8.43. The smallest absolute Gasteiger partial charge is 0.280 e. The van der Waals surface area contributed by atoms with E-state index in [-0.39, 0.29) is 5.56 Å². The summed E-state index contributed by atoms with van der Waals surface area (Å²) in [5.74, 6) is 0.650. The predicted molar refractivity (Wildman–Crippen MR) is 125 cm³/mol. The number of pyridine rings is 1. The van der Waals surface area contributed by atoms with Crippen molar-refractivity contribution in [1.82, 2.24) is 19.2 Å². The van der Waals surface area contributed by atoms with Crippen molar-refractivity contribution in [2.75, 3.05) is 19.6 Å². The van der Waals surface area contributed by atoms with Crippen LogP contribution in [0.5, 0.6) is 0 Å². The van der Waals surface area contributed by atoms with E-state index in [1.807, 2.05) is 49.4 Å². The van der Waals surface area contributed by atoms with Crippen LogP contribution in [0.3, 0.4) is 0 Å². The van der Waals surface area contributed by atoms with Gasteiger partial charge in [0.25, 0.3) is 5.56 Å². The third-order valence-electron chi connectivity index (χ3n) is 6.41. The Morgan fingerprint density at radius 2 is 1.55 bits per heavy atom. The number of piperidine rings is 1. The molecule has 5 heteroatoms. The molecule has 0 atom stereocenters. The Labute approximate surface area is 182 Å². The molecule has 3 heterocycles. The number of para-hydroxylation sites is 1. The molecular formula is C26H28N4O. The zero-order chi connectivity index (χ0) is 21.2. The molecular weight excluding hydrogens is 384 g/mol. The third-order valence-corrected chi connectivity index (χ3v) is 6.41. The first kappa shape index (κ1) is 19.8. The Bertz CT molecular complexity index is 1220. The number of nitrogens with zero attached hydrogens (tertiary/aromatic N) is 4. The van der Waals surface area contributed by atoms with Crippen LogP contribution >= 0.6 is 0 Å². The second-order valence-corrected chi connectivity index (χ2v) is 8.43. The molecule has 1 saturated heterocycles. The van der Waals surface area contributed by atoms with Crippen molar-refractivity contribution >= 4 is 11.0 Å². The fraction of sp³-hybridized carbons (Fsp3) is 0.308. The lowest BCUT2D eigenvalue weighted by molar-refractivity contribution is 0.202. The van der Waals surface area contributed by atoms with Gasteiger partial charge < -0.3 is 4.90 Å². The van der Waals surface area contributed by atoms with E-state index < -0.39 is 0 Å². The minimum absolute atomic E-state index is 0.00325. The topological polar surface area (TPSA) is 43.1 Å². The fourth-order valence-corrected chi connectivity index (χ4v) is 4.71. The van der Waals surface area contributed by atoms with Crippen LogP contribution in [-0.2, 0) is 6.54 Å². The fourth-order valence-electron chi connectivity index (χ4n) is 4.71. The van der Waals surface area contributed by atoms with Crippen LogP contribution in [-0.4, -0.2) is 38.9 Å². The summed E-state index contributed by atoms with van der Waals surface area (Å²) in [6.07, 6.45) is 2.36. The molecule has 31 heavy (non-hydrogen) atoms. The molecule has 0 N–H and O–H groups in total. The standard InChI is InChI=1S/C26H28N4O/c1-20-12-13-24-25(27-20)29(30(26(24)31)23-10-6-3-7-11-23)19-18-28-16-14-22(15-17-28)21-8-4-2-5-9-21/h2-13,22H,14-19H2,1H3. The molecule has 0 unspecified atom stereocenters. The van der Waals surface area contributed by atoms with Crippen LogP contribution in [0.25, 0.3) is 16.7 Å². The zero-order valence-corrected chi connectivity index (χ0v) is 17.9. The summed E-state index contributed by atoms with van der Waals surface area (Å²) in [5, 5.41) is 0.678. The molecule has 0 spiro atoms. The molecule has 1 aliphatic heterocycles. The first-order valence-corrected chi connectivity index (χ1v) is 11.1. The number of aryl methyl sites for hydroxylation is 1. The number of benzene rings is 2. The predicted octanol–water partition coefficient (Wildman–Crippen LogP) is 4.38. The van der Waals surface area contributed by atoms with E-state index in [1.165, 1.54) is 18.4 Å². The highest BCUT2D eigenvalue weighted by atomic mass is 16.1.